The van der Waals surface area contributed by atoms with Gasteiger partial charge in [-0.15, -0.1) is 5.10 Å². The largest absolute Gasteiger partial charge is 0.416 e. The number of halogens is 3. The van der Waals surface area contributed by atoms with Crippen LogP contribution in [-0.2, 0) is 12.7 Å². The lowest BCUT2D eigenvalue weighted by Crippen LogP contribution is -2.15. The number of nitrogens with zero attached hydrogens (tertiary/aromatic N) is 4. The van der Waals surface area contributed by atoms with Crippen molar-refractivity contribution in [1.82, 2.24) is 14.8 Å². The molecule has 0 radical (unpaired) electrons. The van der Waals surface area contributed by atoms with Crippen LogP contribution >= 0.6 is 0 Å². The number of rotatable bonds is 3. The first-order valence-corrected chi connectivity index (χ1v) is 6.12. The number of hydrogen-bond acceptors (Lipinski definition) is 3. The van der Waals surface area contributed by atoms with Crippen molar-refractivity contribution in [2.24, 2.45) is 0 Å². The van der Waals surface area contributed by atoms with Gasteiger partial charge in [0.15, 0.2) is 5.82 Å². The third-order valence-electron chi connectivity index (χ3n) is 2.80. The van der Waals surface area contributed by atoms with Crippen LogP contribution < -0.4 is 4.90 Å². The van der Waals surface area contributed by atoms with Crippen molar-refractivity contribution >= 4 is 5.95 Å². The van der Waals surface area contributed by atoms with Crippen LogP contribution in [0.15, 0.2) is 24.3 Å². The second-order valence-electron chi connectivity index (χ2n) is 4.52. The minimum absolute atomic E-state index is 0.293. The van der Waals surface area contributed by atoms with E-state index in [2.05, 4.69) is 10.1 Å². The maximum absolute atomic E-state index is 12.7. The highest BCUT2D eigenvalue weighted by Gasteiger charge is 2.30. The summed E-state index contributed by atoms with van der Waals surface area (Å²) in [5, 5.41) is 4.24. The second kappa shape index (κ2) is 5.15. The number of alkyl halides is 3. The van der Waals surface area contributed by atoms with Gasteiger partial charge in [-0.3, -0.25) is 0 Å². The molecule has 0 spiro atoms. The van der Waals surface area contributed by atoms with Gasteiger partial charge in [0, 0.05) is 26.2 Å². The first-order chi connectivity index (χ1) is 9.32. The van der Waals surface area contributed by atoms with Crippen LogP contribution in [0.3, 0.4) is 0 Å². The van der Waals surface area contributed by atoms with Crippen LogP contribution in [-0.4, -0.2) is 28.9 Å². The first kappa shape index (κ1) is 14.4. The Morgan fingerprint density at radius 3 is 2.45 bits per heavy atom. The molecule has 0 aliphatic rings. The van der Waals surface area contributed by atoms with Gasteiger partial charge < -0.3 is 4.90 Å². The van der Waals surface area contributed by atoms with E-state index in [1.165, 1.54) is 6.07 Å². The maximum Gasteiger partial charge on any atom is 0.416 e. The molecule has 20 heavy (non-hydrogen) atoms. The molecule has 0 atom stereocenters. The Morgan fingerprint density at radius 2 is 1.95 bits per heavy atom. The zero-order valence-corrected chi connectivity index (χ0v) is 11.4. The topological polar surface area (TPSA) is 34.0 Å². The van der Waals surface area contributed by atoms with Gasteiger partial charge in [-0.2, -0.15) is 18.2 Å². The minimum atomic E-state index is -4.37. The molecule has 2 rings (SSSR count). The zero-order valence-electron chi connectivity index (χ0n) is 11.4. The molecule has 4 nitrogen and oxygen atoms in total. The van der Waals surface area contributed by atoms with Gasteiger partial charge in [0.25, 0.3) is 0 Å². The third-order valence-corrected chi connectivity index (χ3v) is 2.80. The molecule has 0 aliphatic carbocycles. The lowest BCUT2D eigenvalue weighted by Gasteiger charge is -2.10. The van der Waals surface area contributed by atoms with Gasteiger partial charge in [-0.1, -0.05) is 12.1 Å². The lowest BCUT2D eigenvalue weighted by atomic mass is 10.1. The maximum atomic E-state index is 12.7. The fourth-order valence-electron chi connectivity index (χ4n) is 1.83. The molecule has 0 saturated carbocycles. The first-order valence-electron chi connectivity index (χ1n) is 6.12. The Hall–Kier alpha value is -2.05. The fraction of sp³-hybridized carbons (Fsp3) is 0.385. The van der Waals surface area contributed by atoms with Crippen LogP contribution in [0.1, 0.15) is 12.5 Å². The molecular weight excluding hydrogens is 269 g/mol. The monoisotopic (exact) mass is 284 g/mol. The van der Waals surface area contributed by atoms with Crippen molar-refractivity contribution in [3.05, 3.63) is 29.8 Å². The van der Waals surface area contributed by atoms with E-state index >= 15 is 0 Å². The number of benzene rings is 1. The van der Waals surface area contributed by atoms with E-state index < -0.39 is 11.7 Å². The number of hydrogen-bond donors (Lipinski definition) is 0. The van der Waals surface area contributed by atoms with Crippen LogP contribution in [0.2, 0.25) is 0 Å². The van der Waals surface area contributed by atoms with Crippen molar-refractivity contribution in [3.8, 4) is 11.4 Å². The number of anilines is 1. The highest BCUT2D eigenvalue weighted by atomic mass is 19.4. The Morgan fingerprint density at radius 1 is 1.25 bits per heavy atom. The summed E-state index contributed by atoms with van der Waals surface area (Å²) in [6.07, 6.45) is -4.37. The van der Waals surface area contributed by atoms with Crippen molar-refractivity contribution in [2.45, 2.75) is 19.6 Å². The fourth-order valence-corrected chi connectivity index (χ4v) is 1.83. The molecule has 0 fully saturated rings. The quantitative estimate of drug-likeness (QED) is 0.868. The van der Waals surface area contributed by atoms with Crippen LogP contribution in [0.5, 0.6) is 0 Å². The highest BCUT2D eigenvalue weighted by molar-refractivity contribution is 5.58. The van der Waals surface area contributed by atoms with Crippen molar-refractivity contribution < 1.29 is 13.2 Å². The molecule has 0 amide bonds. The standard InChI is InChI=1S/C13H15F3N4/c1-4-20-12(19(2)3)17-11(18-20)9-6-5-7-10(8-9)13(14,15)16/h5-8H,4H2,1-3H3. The Labute approximate surface area is 114 Å². The third kappa shape index (κ3) is 2.76. The van der Waals surface area contributed by atoms with E-state index in [9.17, 15) is 13.2 Å². The van der Waals surface area contributed by atoms with E-state index in [4.69, 9.17) is 0 Å². The molecule has 0 unspecified atom stereocenters. The molecule has 0 saturated heterocycles. The Bertz CT molecular complexity index is 602. The number of aryl methyl sites for hydroxylation is 1. The molecule has 1 heterocycles. The van der Waals surface area contributed by atoms with Gasteiger partial charge in [0.2, 0.25) is 5.95 Å². The van der Waals surface area contributed by atoms with Gasteiger partial charge in [0.05, 0.1) is 5.56 Å². The van der Waals surface area contributed by atoms with Crippen LogP contribution in [0.4, 0.5) is 19.1 Å². The SMILES string of the molecule is CCn1nc(-c2cccc(C(F)(F)F)c2)nc1N(C)C. The Balaban J connectivity index is 2.47. The molecule has 2 aromatic rings. The number of aromatic nitrogens is 3. The molecule has 0 bridgehead atoms. The summed E-state index contributed by atoms with van der Waals surface area (Å²) in [5.41, 5.74) is -0.343. The molecular formula is C13H15F3N4. The summed E-state index contributed by atoms with van der Waals surface area (Å²) < 4.78 is 39.8. The summed E-state index contributed by atoms with van der Waals surface area (Å²) in [6.45, 7) is 2.50. The van der Waals surface area contributed by atoms with Gasteiger partial charge in [-0.05, 0) is 19.1 Å². The molecule has 0 N–H and O–H groups in total. The summed E-state index contributed by atoms with van der Waals surface area (Å²) in [5.74, 6) is 0.904. The van der Waals surface area contributed by atoms with E-state index in [0.29, 0.717) is 23.9 Å². The normalized spacial score (nSPS) is 11.7. The van der Waals surface area contributed by atoms with Crippen LogP contribution in [0.25, 0.3) is 11.4 Å². The second-order valence-corrected chi connectivity index (χ2v) is 4.52. The molecule has 108 valence electrons. The smallest absolute Gasteiger partial charge is 0.347 e. The van der Waals surface area contributed by atoms with Gasteiger partial charge in [-0.25, -0.2) is 4.68 Å². The molecule has 1 aromatic heterocycles. The zero-order chi connectivity index (χ0) is 14.9. The van der Waals surface area contributed by atoms with Crippen LogP contribution in [0, 0.1) is 0 Å². The summed E-state index contributed by atoms with van der Waals surface area (Å²) in [4.78, 5) is 6.06. The van der Waals surface area contributed by atoms with Crippen molar-refractivity contribution in [2.75, 3.05) is 19.0 Å². The highest BCUT2D eigenvalue weighted by Crippen LogP contribution is 2.31. The average Bonchev–Trinajstić information content (AvgIpc) is 2.82. The van der Waals surface area contributed by atoms with E-state index in [1.807, 2.05) is 21.0 Å². The lowest BCUT2D eigenvalue weighted by molar-refractivity contribution is -0.137. The van der Waals surface area contributed by atoms with E-state index in [0.717, 1.165) is 12.1 Å². The van der Waals surface area contributed by atoms with Gasteiger partial charge >= 0.3 is 6.18 Å². The predicted molar refractivity (Wildman–Crippen MR) is 70.5 cm³/mol. The molecule has 1 aromatic carbocycles. The molecule has 7 heteroatoms. The van der Waals surface area contributed by atoms with Gasteiger partial charge in [0.1, 0.15) is 0 Å². The summed E-state index contributed by atoms with van der Waals surface area (Å²) in [6, 6.07) is 5.03. The predicted octanol–water partition coefficient (Wildman–Crippen LogP) is 3.05. The van der Waals surface area contributed by atoms with E-state index in [1.54, 1.807) is 15.6 Å². The summed E-state index contributed by atoms with van der Waals surface area (Å²) >= 11 is 0. The summed E-state index contributed by atoms with van der Waals surface area (Å²) in [7, 11) is 3.62. The minimum Gasteiger partial charge on any atom is -0.347 e. The van der Waals surface area contributed by atoms with Crippen molar-refractivity contribution in [1.29, 1.82) is 0 Å². The van der Waals surface area contributed by atoms with E-state index in [-0.39, 0.29) is 0 Å². The molecule has 0 aliphatic heterocycles. The average molecular weight is 284 g/mol. The van der Waals surface area contributed by atoms with Crippen molar-refractivity contribution in [3.63, 3.8) is 0 Å². The Kier molecular flexibility index (Phi) is 3.69.